The fraction of sp³-hybridized carbons (Fsp3) is 0.643. The molecule has 94 valence electrons. The lowest BCUT2D eigenvalue weighted by molar-refractivity contribution is 0.424. The molecule has 1 N–H and O–H groups in total. The van der Waals surface area contributed by atoms with Gasteiger partial charge in [0.1, 0.15) is 5.82 Å². The molecule has 0 aromatic carbocycles. The number of hydrogen-bond donors (Lipinski definition) is 1. The van der Waals surface area contributed by atoms with Crippen molar-refractivity contribution in [1.29, 1.82) is 0 Å². The Morgan fingerprint density at radius 2 is 2.12 bits per heavy atom. The van der Waals surface area contributed by atoms with Gasteiger partial charge in [-0.15, -0.1) is 0 Å². The van der Waals surface area contributed by atoms with E-state index in [4.69, 9.17) is 0 Å². The number of anilines is 1. The standard InChI is InChI=1S/C14H23N3/c1-14(2,3)16-10-11-7-8-15-13(9-11)17(4)12-5-6-12/h7-9,12,16H,5-6,10H2,1-4H3. The molecule has 1 fully saturated rings. The Morgan fingerprint density at radius 3 is 2.71 bits per heavy atom. The number of nitrogens with one attached hydrogen (secondary N) is 1. The van der Waals surface area contributed by atoms with Crippen molar-refractivity contribution in [1.82, 2.24) is 10.3 Å². The van der Waals surface area contributed by atoms with Gasteiger partial charge in [0.15, 0.2) is 0 Å². The minimum Gasteiger partial charge on any atom is -0.357 e. The number of pyridine rings is 1. The first-order valence-electron chi connectivity index (χ1n) is 6.38. The monoisotopic (exact) mass is 233 g/mol. The van der Waals surface area contributed by atoms with Gasteiger partial charge in [0, 0.05) is 31.4 Å². The summed E-state index contributed by atoms with van der Waals surface area (Å²) in [6.07, 6.45) is 4.53. The largest absolute Gasteiger partial charge is 0.357 e. The third-order valence-corrected chi connectivity index (χ3v) is 3.09. The second-order valence-corrected chi connectivity index (χ2v) is 5.97. The van der Waals surface area contributed by atoms with E-state index in [0.717, 1.165) is 12.4 Å². The second kappa shape index (κ2) is 4.65. The van der Waals surface area contributed by atoms with Gasteiger partial charge in [-0.25, -0.2) is 4.98 Å². The van der Waals surface area contributed by atoms with Crippen molar-refractivity contribution in [3.63, 3.8) is 0 Å². The molecule has 2 rings (SSSR count). The van der Waals surface area contributed by atoms with Crippen molar-refractivity contribution in [2.75, 3.05) is 11.9 Å². The zero-order valence-electron chi connectivity index (χ0n) is 11.3. The summed E-state index contributed by atoms with van der Waals surface area (Å²) in [5.41, 5.74) is 1.46. The van der Waals surface area contributed by atoms with Gasteiger partial charge in [-0.3, -0.25) is 0 Å². The number of aromatic nitrogens is 1. The van der Waals surface area contributed by atoms with Crippen LogP contribution in [-0.2, 0) is 6.54 Å². The van der Waals surface area contributed by atoms with Crippen LogP contribution in [0, 0.1) is 0 Å². The average molecular weight is 233 g/mol. The van der Waals surface area contributed by atoms with E-state index >= 15 is 0 Å². The van der Waals surface area contributed by atoms with Gasteiger partial charge in [-0.1, -0.05) is 0 Å². The van der Waals surface area contributed by atoms with Crippen molar-refractivity contribution in [2.24, 2.45) is 0 Å². The molecular formula is C14H23N3. The van der Waals surface area contributed by atoms with E-state index in [-0.39, 0.29) is 5.54 Å². The summed E-state index contributed by atoms with van der Waals surface area (Å²) in [5, 5.41) is 3.50. The summed E-state index contributed by atoms with van der Waals surface area (Å²) in [6, 6.07) is 4.99. The molecule has 0 amide bonds. The van der Waals surface area contributed by atoms with Crippen LogP contribution in [0.1, 0.15) is 39.2 Å². The van der Waals surface area contributed by atoms with Crippen molar-refractivity contribution >= 4 is 5.82 Å². The molecule has 17 heavy (non-hydrogen) atoms. The van der Waals surface area contributed by atoms with Crippen molar-refractivity contribution in [2.45, 2.75) is 51.7 Å². The second-order valence-electron chi connectivity index (χ2n) is 5.97. The molecule has 1 aliphatic rings. The lowest BCUT2D eigenvalue weighted by atomic mass is 10.1. The van der Waals surface area contributed by atoms with Gasteiger partial charge in [0.25, 0.3) is 0 Å². The van der Waals surface area contributed by atoms with E-state index < -0.39 is 0 Å². The van der Waals surface area contributed by atoms with Gasteiger partial charge in [0.2, 0.25) is 0 Å². The van der Waals surface area contributed by atoms with Crippen LogP contribution in [0.5, 0.6) is 0 Å². The minimum atomic E-state index is 0.159. The lowest BCUT2D eigenvalue weighted by Gasteiger charge is -2.22. The third kappa shape index (κ3) is 3.70. The van der Waals surface area contributed by atoms with Crippen LogP contribution in [0.15, 0.2) is 18.3 Å². The summed E-state index contributed by atoms with van der Waals surface area (Å²) in [6.45, 7) is 7.46. The summed E-state index contributed by atoms with van der Waals surface area (Å²) in [4.78, 5) is 6.74. The van der Waals surface area contributed by atoms with Crippen LogP contribution in [0.25, 0.3) is 0 Å². The van der Waals surface area contributed by atoms with Crippen LogP contribution >= 0.6 is 0 Å². The summed E-state index contributed by atoms with van der Waals surface area (Å²) in [5.74, 6) is 1.10. The molecule has 1 aromatic rings. The maximum atomic E-state index is 4.44. The highest BCUT2D eigenvalue weighted by atomic mass is 15.2. The molecule has 1 heterocycles. The topological polar surface area (TPSA) is 28.2 Å². The fourth-order valence-electron chi connectivity index (χ4n) is 1.78. The van der Waals surface area contributed by atoms with E-state index in [1.807, 2.05) is 6.20 Å². The maximum absolute atomic E-state index is 4.44. The highest BCUT2D eigenvalue weighted by Gasteiger charge is 2.27. The highest BCUT2D eigenvalue weighted by molar-refractivity contribution is 5.42. The first kappa shape index (κ1) is 12.4. The number of rotatable bonds is 4. The quantitative estimate of drug-likeness (QED) is 0.866. The van der Waals surface area contributed by atoms with Gasteiger partial charge < -0.3 is 10.2 Å². The van der Waals surface area contributed by atoms with Gasteiger partial charge in [0.05, 0.1) is 0 Å². The Hall–Kier alpha value is -1.09. The summed E-state index contributed by atoms with van der Waals surface area (Å²) in [7, 11) is 2.14. The molecule has 0 aliphatic heterocycles. The van der Waals surface area contributed by atoms with Gasteiger partial charge in [-0.2, -0.15) is 0 Å². The maximum Gasteiger partial charge on any atom is 0.128 e. The van der Waals surface area contributed by atoms with Gasteiger partial charge >= 0.3 is 0 Å². The predicted molar refractivity (Wildman–Crippen MR) is 72.3 cm³/mol. The van der Waals surface area contributed by atoms with Crippen LogP contribution in [0.4, 0.5) is 5.82 Å². The van der Waals surface area contributed by atoms with E-state index in [1.165, 1.54) is 18.4 Å². The molecule has 0 atom stereocenters. The van der Waals surface area contributed by atoms with E-state index in [9.17, 15) is 0 Å². The average Bonchev–Trinajstić information content (AvgIpc) is 3.09. The molecule has 3 heteroatoms. The van der Waals surface area contributed by atoms with Crippen LogP contribution in [0.3, 0.4) is 0 Å². The van der Waals surface area contributed by atoms with Crippen molar-refractivity contribution in [3.8, 4) is 0 Å². The molecule has 3 nitrogen and oxygen atoms in total. The SMILES string of the molecule is CN(c1cc(CNC(C)(C)C)ccn1)C1CC1. The summed E-state index contributed by atoms with van der Waals surface area (Å²) < 4.78 is 0. The lowest BCUT2D eigenvalue weighted by Crippen LogP contribution is -2.35. The molecular weight excluding hydrogens is 210 g/mol. The highest BCUT2D eigenvalue weighted by Crippen LogP contribution is 2.29. The number of nitrogens with zero attached hydrogens (tertiary/aromatic N) is 2. The Morgan fingerprint density at radius 1 is 1.41 bits per heavy atom. The van der Waals surface area contributed by atoms with E-state index in [2.05, 4.69) is 55.2 Å². The third-order valence-electron chi connectivity index (χ3n) is 3.09. The summed E-state index contributed by atoms with van der Waals surface area (Å²) >= 11 is 0. The zero-order chi connectivity index (χ0) is 12.5. The number of hydrogen-bond acceptors (Lipinski definition) is 3. The molecule has 0 radical (unpaired) electrons. The molecule has 1 aromatic heterocycles. The first-order chi connectivity index (χ1) is 7.96. The molecule has 1 aliphatic carbocycles. The molecule has 0 bridgehead atoms. The van der Waals surface area contributed by atoms with Crippen LogP contribution < -0.4 is 10.2 Å². The minimum absolute atomic E-state index is 0.159. The van der Waals surface area contributed by atoms with Crippen LogP contribution in [-0.4, -0.2) is 23.6 Å². The smallest absolute Gasteiger partial charge is 0.128 e. The van der Waals surface area contributed by atoms with E-state index in [1.54, 1.807) is 0 Å². The Balaban J connectivity index is 2.01. The van der Waals surface area contributed by atoms with Gasteiger partial charge in [-0.05, 0) is 51.3 Å². The molecule has 0 spiro atoms. The molecule has 0 unspecified atom stereocenters. The fourth-order valence-corrected chi connectivity index (χ4v) is 1.78. The Labute approximate surface area is 104 Å². The normalized spacial score (nSPS) is 16.0. The van der Waals surface area contributed by atoms with Crippen LogP contribution in [0.2, 0.25) is 0 Å². The predicted octanol–water partition coefficient (Wildman–Crippen LogP) is 2.57. The van der Waals surface area contributed by atoms with Crippen molar-refractivity contribution in [3.05, 3.63) is 23.9 Å². The molecule has 0 saturated heterocycles. The van der Waals surface area contributed by atoms with E-state index in [0.29, 0.717) is 6.04 Å². The van der Waals surface area contributed by atoms with Crippen molar-refractivity contribution < 1.29 is 0 Å². The Kier molecular flexibility index (Phi) is 3.38. The zero-order valence-corrected chi connectivity index (χ0v) is 11.3. The Bertz CT molecular complexity index is 377. The first-order valence-corrected chi connectivity index (χ1v) is 6.38. The molecule has 1 saturated carbocycles.